The van der Waals surface area contributed by atoms with E-state index in [-0.39, 0.29) is 28.9 Å². The van der Waals surface area contributed by atoms with Gasteiger partial charge in [0.15, 0.2) is 0 Å². The average Bonchev–Trinajstić information content (AvgIpc) is 2.93. The molecule has 0 aromatic heterocycles. The topological polar surface area (TPSA) is 35.5 Å². The molecular formula is C33H40F2O3. The van der Waals surface area contributed by atoms with E-state index < -0.39 is 17.6 Å². The number of carbonyl (C=O) groups is 1. The van der Waals surface area contributed by atoms with Crippen LogP contribution in [0.25, 0.3) is 22.3 Å². The first-order chi connectivity index (χ1) is 18.6. The third kappa shape index (κ3) is 8.49. The molecule has 3 rings (SSSR count). The molecule has 0 fully saturated rings. The Balaban J connectivity index is 1.84. The van der Waals surface area contributed by atoms with Crippen molar-refractivity contribution in [2.24, 2.45) is 0 Å². The van der Waals surface area contributed by atoms with Crippen LogP contribution in [0.4, 0.5) is 8.78 Å². The lowest BCUT2D eigenvalue weighted by Crippen LogP contribution is -2.10. The fourth-order valence-electron chi connectivity index (χ4n) is 4.60. The zero-order valence-electron chi connectivity index (χ0n) is 22.7. The highest BCUT2D eigenvalue weighted by Gasteiger charge is 2.24. The molecule has 5 heteroatoms. The first-order valence-electron chi connectivity index (χ1n) is 14.1. The summed E-state index contributed by atoms with van der Waals surface area (Å²) < 4.78 is 31.4. The number of unbranched alkanes of at least 4 members (excludes halogenated alkanes) is 8. The van der Waals surface area contributed by atoms with Crippen molar-refractivity contribution >= 4 is 5.97 Å². The van der Waals surface area contributed by atoms with Crippen molar-refractivity contribution in [1.82, 2.24) is 0 Å². The predicted molar refractivity (Wildman–Crippen MR) is 150 cm³/mol. The van der Waals surface area contributed by atoms with Gasteiger partial charge < -0.3 is 0 Å². The van der Waals surface area contributed by atoms with Crippen LogP contribution in [-0.4, -0.2) is 12.6 Å². The zero-order chi connectivity index (χ0) is 27.2. The van der Waals surface area contributed by atoms with Crippen LogP contribution in [0.2, 0.25) is 0 Å². The molecule has 0 aliphatic carbocycles. The third-order valence-electron chi connectivity index (χ3n) is 6.78. The minimum Gasteiger partial charge on any atom is -0.293 e. The molecule has 0 unspecified atom stereocenters. The fourth-order valence-corrected chi connectivity index (χ4v) is 4.60. The van der Waals surface area contributed by atoms with E-state index in [1.165, 1.54) is 37.5 Å². The lowest BCUT2D eigenvalue weighted by atomic mass is 9.92. The van der Waals surface area contributed by atoms with Gasteiger partial charge in [-0.3, -0.25) is 4.89 Å². The van der Waals surface area contributed by atoms with Crippen molar-refractivity contribution < 1.29 is 23.4 Å². The lowest BCUT2D eigenvalue weighted by molar-refractivity contribution is -0.241. The number of carbonyl (C=O) groups excluding carboxylic acids is 1. The van der Waals surface area contributed by atoms with Crippen molar-refractivity contribution in [3.05, 3.63) is 83.4 Å². The monoisotopic (exact) mass is 522 g/mol. The number of benzene rings is 3. The van der Waals surface area contributed by atoms with Gasteiger partial charge in [0.25, 0.3) is 0 Å². The maximum absolute atomic E-state index is 16.0. The molecule has 204 valence electrons. The van der Waals surface area contributed by atoms with E-state index in [0.717, 1.165) is 56.9 Å². The molecule has 0 radical (unpaired) electrons. The number of aryl methyl sites for hydroxylation is 1. The Morgan fingerprint density at radius 2 is 1.39 bits per heavy atom. The van der Waals surface area contributed by atoms with E-state index in [1.807, 2.05) is 12.1 Å². The molecule has 0 atom stereocenters. The van der Waals surface area contributed by atoms with E-state index in [2.05, 4.69) is 13.8 Å². The Hall–Kier alpha value is -3.05. The molecule has 38 heavy (non-hydrogen) atoms. The molecule has 3 nitrogen and oxygen atoms in total. The summed E-state index contributed by atoms with van der Waals surface area (Å²) >= 11 is 0. The third-order valence-corrected chi connectivity index (χ3v) is 6.78. The van der Waals surface area contributed by atoms with Crippen LogP contribution >= 0.6 is 0 Å². The van der Waals surface area contributed by atoms with E-state index in [1.54, 1.807) is 30.3 Å². The number of halogens is 2. The smallest absolute Gasteiger partial charge is 0.293 e. The summed E-state index contributed by atoms with van der Waals surface area (Å²) in [5.41, 5.74) is 1.63. The van der Waals surface area contributed by atoms with Gasteiger partial charge in [0.1, 0.15) is 11.6 Å². The fraction of sp³-hybridized carbons (Fsp3) is 0.424. The van der Waals surface area contributed by atoms with Crippen LogP contribution < -0.4 is 0 Å². The predicted octanol–water partition coefficient (Wildman–Crippen LogP) is 9.87. The first-order valence-corrected chi connectivity index (χ1v) is 14.1. The lowest BCUT2D eigenvalue weighted by Gasteiger charge is -2.15. The number of rotatable bonds is 16. The van der Waals surface area contributed by atoms with Gasteiger partial charge in [0.2, 0.25) is 0 Å². The number of hydrogen-bond acceptors (Lipinski definition) is 3. The van der Waals surface area contributed by atoms with Crippen LogP contribution in [0, 0.1) is 11.6 Å². The second-order valence-corrected chi connectivity index (χ2v) is 9.80. The van der Waals surface area contributed by atoms with Gasteiger partial charge in [-0.15, -0.1) is 0 Å². The second-order valence-electron chi connectivity index (χ2n) is 9.80. The highest BCUT2D eigenvalue weighted by Crippen LogP contribution is 2.36. The summed E-state index contributed by atoms with van der Waals surface area (Å²) in [6.07, 6.45) is 11.5. The van der Waals surface area contributed by atoms with Gasteiger partial charge in [-0.05, 0) is 42.5 Å². The normalized spacial score (nSPS) is 11.1. The largest absolute Gasteiger partial charge is 0.373 e. The molecule has 3 aromatic carbocycles. The van der Waals surface area contributed by atoms with Crippen LogP contribution in [-0.2, 0) is 16.2 Å². The molecular weight excluding hydrogens is 482 g/mol. The minimum absolute atomic E-state index is 0.0292. The molecule has 0 saturated carbocycles. The molecule has 0 amide bonds. The summed E-state index contributed by atoms with van der Waals surface area (Å²) in [7, 11) is 0. The molecule has 0 aliphatic rings. The van der Waals surface area contributed by atoms with Crippen molar-refractivity contribution in [3.8, 4) is 22.3 Å². The molecule has 0 aliphatic heterocycles. The number of hydrogen-bond donors (Lipinski definition) is 0. The van der Waals surface area contributed by atoms with Crippen LogP contribution in [0.15, 0.2) is 60.7 Å². The summed E-state index contributed by atoms with van der Waals surface area (Å²) in [5.74, 6) is -2.08. The molecule has 0 N–H and O–H groups in total. The van der Waals surface area contributed by atoms with Crippen LogP contribution in [0.1, 0.15) is 94.0 Å². The zero-order valence-corrected chi connectivity index (χ0v) is 22.7. The average molecular weight is 523 g/mol. The van der Waals surface area contributed by atoms with Gasteiger partial charge >= 0.3 is 5.97 Å². The van der Waals surface area contributed by atoms with Gasteiger partial charge in [-0.1, -0.05) is 114 Å². The summed E-state index contributed by atoms with van der Waals surface area (Å²) in [6, 6.07) is 16.8. The maximum Gasteiger partial charge on any atom is 0.373 e. The van der Waals surface area contributed by atoms with E-state index >= 15 is 8.78 Å². The molecule has 0 saturated heterocycles. The summed E-state index contributed by atoms with van der Waals surface area (Å²) in [4.78, 5) is 23.1. The van der Waals surface area contributed by atoms with Gasteiger partial charge in [-0.25, -0.2) is 13.6 Å². The Bertz CT molecular complexity index is 1140. The van der Waals surface area contributed by atoms with Crippen molar-refractivity contribution in [1.29, 1.82) is 0 Å². The standard InChI is InChI=1S/C33H40F2O3/c1-3-5-7-9-12-16-25-19-20-28(30(34)24-25)31-29(33(36)38-37-23-15-10-8-6-4-2)22-21-27(32(31)35)26-17-13-11-14-18-26/h11,13-14,17-22,24H,3-10,12,15-16,23H2,1-2H3. The van der Waals surface area contributed by atoms with Gasteiger partial charge in [-0.2, -0.15) is 4.89 Å². The SMILES string of the molecule is CCCCCCCOOC(=O)c1ccc(-c2ccccc2)c(F)c1-c1ccc(CCCCCCC)cc1F. The molecule has 0 spiro atoms. The Kier molecular flexibility index (Phi) is 12.4. The maximum atomic E-state index is 16.0. The van der Waals surface area contributed by atoms with Crippen molar-refractivity contribution in [2.45, 2.75) is 84.5 Å². The van der Waals surface area contributed by atoms with Crippen LogP contribution in [0.5, 0.6) is 0 Å². The van der Waals surface area contributed by atoms with Gasteiger partial charge in [0.05, 0.1) is 12.2 Å². The first kappa shape index (κ1) is 29.5. The van der Waals surface area contributed by atoms with E-state index in [0.29, 0.717) is 5.56 Å². The Morgan fingerprint density at radius 1 is 0.737 bits per heavy atom. The summed E-state index contributed by atoms with van der Waals surface area (Å²) in [6.45, 7) is 4.57. The van der Waals surface area contributed by atoms with Crippen molar-refractivity contribution in [3.63, 3.8) is 0 Å². The molecule has 0 bridgehead atoms. The highest BCUT2D eigenvalue weighted by atomic mass is 19.1. The Morgan fingerprint density at radius 3 is 2.08 bits per heavy atom. The molecule has 3 aromatic rings. The second kappa shape index (κ2) is 16.0. The van der Waals surface area contributed by atoms with Crippen molar-refractivity contribution in [2.75, 3.05) is 6.61 Å². The van der Waals surface area contributed by atoms with Gasteiger partial charge in [0, 0.05) is 16.7 Å². The summed E-state index contributed by atoms with van der Waals surface area (Å²) in [5, 5.41) is 0. The van der Waals surface area contributed by atoms with Crippen LogP contribution in [0.3, 0.4) is 0 Å². The van der Waals surface area contributed by atoms with E-state index in [9.17, 15) is 4.79 Å². The van der Waals surface area contributed by atoms with E-state index in [4.69, 9.17) is 9.78 Å². The molecule has 0 heterocycles. The quantitative estimate of drug-likeness (QED) is 0.107. The highest BCUT2D eigenvalue weighted by molar-refractivity contribution is 5.98. The Labute approximate surface area is 226 Å². The minimum atomic E-state index is -0.841.